The molecule has 0 aliphatic carbocycles. The van der Waals surface area contributed by atoms with E-state index in [-0.39, 0.29) is 73.6 Å². The van der Waals surface area contributed by atoms with Gasteiger partial charge in [-0.1, -0.05) is 6.92 Å². The molecule has 1 atom stereocenters. The van der Waals surface area contributed by atoms with Crippen LogP contribution in [0.5, 0.6) is 0 Å². The summed E-state index contributed by atoms with van der Waals surface area (Å²) >= 11 is 0. The van der Waals surface area contributed by atoms with Gasteiger partial charge < -0.3 is 5.11 Å². The van der Waals surface area contributed by atoms with E-state index < -0.39 is 0 Å². The molecule has 0 amide bonds. The van der Waals surface area contributed by atoms with Crippen LogP contribution in [0.3, 0.4) is 0 Å². The molecule has 0 saturated heterocycles. The summed E-state index contributed by atoms with van der Waals surface area (Å²) in [6, 6.07) is 0. The summed E-state index contributed by atoms with van der Waals surface area (Å²) in [7, 11) is 0. The molecule has 7 heavy (non-hydrogen) atoms. The van der Waals surface area contributed by atoms with E-state index >= 15 is 0 Å². The van der Waals surface area contributed by atoms with E-state index in [2.05, 4.69) is 0 Å². The molecule has 39 valence electrons. The molecule has 0 aliphatic rings. The standard InChI is InChI=1S/C4H10O.Pr.Zr/c1-3-4(2)5;;/h4-5H,3H2,1-2H3;;. The molecule has 0 aliphatic heterocycles. The van der Waals surface area contributed by atoms with Crippen LogP contribution in [0, 0.1) is 41.3 Å². The Balaban J connectivity index is -0.0000000800. The van der Waals surface area contributed by atoms with Crippen molar-refractivity contribution in [2.24, 2.45) is 0 Å². The maximum absolute atomic E-state index is 8.36. The fraction of sp³-hybridized carbons (Fsp3) is 1.00. The van der Waals surface area contributed by atoms with Crippen LogP contribution in [0.25, 0.3) is 0 Å². The molecule has 0 saturated carbocycles. The number of hydrogen-bond donors (Lipinski definition) is 1. The van der Waals surface area contributed by atoms with Crippen LogP contribution >= 0.6 is 0 Å². The smallest absolute Gasteiger partial charge is 0.0509 e. The van der Waals surface area contributed by atoms with Crippen LogP contribution in [0.1, 0.15) is 20.3 Å². The van der Waals surface area contributed by atoms with E-state index in [0.29, 0.717) is 0 Å². The zero-order chi connectivity index (χ0) is 4.28. The summed E-state index contributed by atoms with van der Waals surface area (Å²) < 4.78 is 0. The van der Waals surface area contributed by atoms with Crippen LogP contribution in [0.4, 0.5) is 0 Å². The third kappa shape index (κ3) is 17.9. The summed E-state index contributed by atoms with van der Waals surface area (Å²) in [4.78, 5) is 0. The maximum Gasteiger partial charge on any atom is 0.0509 e. The van der Waals surface area contributed by atoms with Gasteiger partial charge in [-0.2, -0.15) is 0 Å². The molecule has 1 nitrogen and oxygen atoms in total. The van der Waals surface area contributed by atoms with Gasteiger partial charge in [-0.3, -0.25) is 0 Å². The van der Waals surface area contributed by atoms with Crippen LogP contribution in [-0.2, 0) is 26.2 Å². The molecule has 0 fully saturated rings. The van der Waals surface area contributed by atoms with E-state index in [1.165, 1.54) is 0 Å². The molecular weight excluding hydrogens is 296 g/mol. The van der Waals surface area contributed by atoms with E-state index in [1.807, 2.05) is 6.92 Å². The molecule has 0 bridgehead atoms. The molecular formula is C4H10OPrZr. The van der Waals surface area contributed by atoms with Crippen molar-refractivity contribution in [1.29, 1.82) is 0 Å². The van der Waals surface area contributed by atoms with Crippen LogP contribution in [-0.4, -0.2) is 11.2 Å². The van der Waals surface area contributed by atoms with Crippen molar-refractivity contribution in [3.05, 3.63) is 0 Å². The minimum Gasteiger partial charge on any atom is -0.393 e. The summed E-state index contributed by atoms with van der Waals surface area (Å²) in [5, 5.41) is 8.36. The van der Waals surface area contributed by atoms with Gasteiger partial charge in [-0.25, -0.2) is 0 Å². The third-order valence-corrected chi connectivity index (χ3v) is 0.591. The molecule has 3 heteroatoms. The first-order valence-electron chi connectivity index (χ1n) is 1.95. The maximum atomic E-state index is 8.36. The first-order valence-corrected chi connectivity index (χ1v) is 1.95. The van der Waals surface area contributed by atoms with Gasteiger partial charge in [0, 0.05) is 67.5 Å². The molecule has 0 rings (SSSR count). The van der Waals surface area contributed by atoms with Crippen molar-refractivity contribution < 1.29 is 72.6 Å². The normalized spacial score (nSPS) is 10.7. The summed E-state index contributed by atoms with van der Waals surface area (Å²) in [5.74, 6) is 0. The van der Waals surface area contributed by atoms with Crippen molar-refractivity contribution in [2.45, 2.75) is 26.4 Å². The second-order valence-electron chi connectivity index (χ2n) is 1.26. The average Bonchev–Trinajstić information content (AvgIpc) is 1.38. The Morgan fingerprint density at radius 1 is 1.57 bits per heavy atom. The predicted octanol–water partition coefficient (Wildman–Crippen LogP) is 0.775. The fourth-order valence-electron chi connectivity index (χ4n) is 0. The van der Waals surface area contributed by atoms with E-state index in [9.17, 15) is 0 Å². The zero-order valence-corrected chi connectivity index (χ0v) is 11.0. The zero-order valence-electron chi connectivity index (χ0n) is 4.81. The topological polar surface area (TPSA) is 20.2 Å². The average molecular weight is 306 g/mol. The van der Waals surface area contributed by atoms with Gasteiger partial charge in [-0.05, 0) is 13.3 Å². The quantitative estimate of drug-likeness (QED) is 0.759. The number of aliphatic hydroxyl groups excluding tert-OH is 1. The Hall–Kier alpha value is 2.21. The van der Waals surface area contributed by atoms with Gasteiger partial charge in [0.15, 0.2) is 0 Å². The van der Waals surface area contributed by atoms with Gasteiger partial charge in [-0.15, -0.1) is 0 Å². The first kappa shape index (κ1) is 16.1. The predicted molar refractivity (Wildman–Crippen MR) is 22.0 cm³/mol. The molecule has 1 N–H and O–H groups in total. The van der Waals surface area contributed by atoms with E-state index in [1.54, 1.807) is 6.92 Å². The SMILES string of the molecule is CCC(C)O.[Pr].[Zr]. The van der Waals surface area contributed by atoms with E-state index in [0.717, 1.165) is 6.42 Å². The van der Waals surface area contributed by atoms with Crippen molar-refractivity contribution in [3.63, 3.8) is 0 Å². The Morgan fingerprint density at radius 2 is 1.71 bits per heavy atom. The fourth-order valence-corrected chi connectivity index (χ4v) is 0. The number of rotatable bonds is 1. The van der Waals surface area contributed by atoms with Crippen LogP contribution in [0.2, 0.25) is 0 Å². The summed E-state index contributed by atoms with van der Waals surface area (Å²) in [5.41, 5.74) is 0. The minimum absolute atomic E-state index is 0. The van der Waals surface area contributed by atoms with Gasteiger partial charge in [0.05, 0.1) is 6.10 Å². The molecule has 0 aromatic carbocycles. The van der Waals surface area contributed by atoms with Gasteiger partial charge in [0.1, 0.15) is 0 Å². The molecule has 1 radical (unpaired) electrons. The van der Waals surface area contributed by atoms with Crippen LogP contribution in [0.15, 0.2) is 0 Å². The second kappa shape index (κ2) is 11.1. The summed E-state index contributed by atoms with van der Waals surface area (Å²) in [6.45, 7) is 3.73. The molecule has 0 aromatic rings. The first-order chi connectivity index (χ1) is 2.27. The van der Waals surface area contributed by atoms with Crippen molar-refractivity contribution in [2.75, 3.05) is 0 Å². The van der Waals surface area contributed by atoms with Crippen molar-refractivity contribution in [3.8, 4) is 0 Å². The van der Waals surface area contributed by atoms with E-state index in [4.69, 9.17) is 5.11 Å². The van der Waals surface area contributed by atoms with Crippen LogP contribution < -0.4 is 0 Å². The second-order valence-corrected chi connectivity index (χ2v) is 1.26. The molecule has 0 spiro atoms. The number of hydrogen-bond acceptors (Lipinski definition) is 1. The largest absolute Gasteiger partial charge is 0.393 e. The Bertz CT molecular complexity index is 25.7. The van der Waals surface area contributed by atoms with Crippen molar-refractivity contribution in [1.82, 2.24) is 0 Å². The summed E-state index contributed by atoms with van der Waals surface area (Å²) in [6.07, 6.45) is 0.745. The Kier molecular flexibility index (Phi) is 25.4. The van der Waals surface area contributed by atoms with Gasteiger partial charge in [0.2, 0.25) is 0 Å². The molecule has 1 unspecified atom stereocenters. The third-order valence-electron chi connectivity index (χ3n) is 0.591. The Labute approximate surface area is 97.3 Å². The minimum atomic E-state index is -0.116. The Morgan fingerprint density at radius 3 is 1.71 bits per heavy atom. The van der Waals surface area contributed by atoms with Gasteiger partial charge in [0.25, 0.3) is 0 Å². The van der Waals surface area contributed by atoms with Crippen molar-refractivity contribution >= 4 is 0 Å². The molecule has 0 aromatic heterocycles. The number of aliphatic hydroxyl groups is 1. The monoisotopic (exact) mass is 305 g/mol. The van der Waals surface area contributed by atoms with Gasteiger partial charge >= 0.3 is 0 Å². The molecule has 0 heterocycles.